The number of rotatable bonds is 2. The fraction of sp³-hybridized carbons (Fsp3) is 0.444. The number of aromatic nitrogens is 2. The summed E-state index contributed by atoms with van der Waals surface area (Å²) in [6, 6.07) is 0. The van der Waals surface area contributed by atoms with Crippen molar-refractivity contribution in [2.75, 3.05) is 0 Å². The van der Waals surface area contributed by atoms with Gasteiger partial charge in [-0.25, -0.2) is 4.98 Å². The molecular formula is C9H12N2. The zero-order chi connectivity index (χ0) is 8.10. The molecule has 0 aromatic carbocycles. The molecule has 0 aliphatic heterocycles. The van der Waals surface area contributed by atoms with Crippen LogP contribution in [0, 0.1) is 18.8 Å². The van der Waals surface area contributed by atoms with Gasteiger partial charge in [0.1, 0.15) is 5.82 Å². The fourth-order valence-corrected chi connectivity index (χ4v) is 0.941. The fourth-order valence-electron chi connectivity index (χ4n) is 0.941. The Morgan fingerprint density at radius 1 is 1.64 bits per heavy atom. The van der Waals surface area contributed by atoms with Gasteiger partial charge >= 0.3 is 0 Å². The third-order valence-corrected chi connectivity index (χ3v) is 1.58. The van der Waals surface area contributed by atoms with Crippen LogP contribution >= 0.6 is 0 Å². The van der Waals surface area contributed by atoms with Crippen molar-refractivity contribution < 1.29 is 0 Å². The maximum absolute atomic E-state index is 4.11. The molecule has 0 N–H and O–H groups in total. The van der Waals surface area contributed by atoms with Crippen molar-refractivity contribution in [1.29, 1.82) is 0 Å². The molecule has 0 saturated heterocycles. The topological polar surface area (TPSA) is 17.8 Å². The van der Waals surface area contributed by atoms with Gasteiger partial charge in [0.2, 0.25) is 0 Å². The van der Waals surface area contributed by atoms with E-state index in [2.05, 4.69) is 21.4 Å². The van der Waals surface area contributed by atoms with Crippen LogP contribution in [-0.4, -0.2) is 9.55 Å². The van der Waals surface area contributed by atoms with Gasteiger partial charge in [0.05, 0.1) is 0 Å². The monoisotopic (exact) mass is 148 g/mol. The van der Waals surface area contributed by atoms with Crippen LogP contribution in [0.25, 0.3) is 0 Å². The molecule has 1 aromatic heterocycles. The lowest BCUT2D eigenvalue weighted by Gasteiger charge is -1.99. The van der Waals surface area contributed by atoms with Gasteiger partial charge in [-0.3, -0.25) is 0 Å². The van der Waals surface area contributed by atoms with Crippen LogP contribution in [-0.2, 0) is 6.54 Å². The van der Waals surface area contributed by atoms with Gasteiger partial charge in [-0.1, -0.05) is 0 Å². The van der Waals surface area contributed by atoms with Crippen molar-refractivity contribution in [2.45, 2.75) is 26.8 Å². The highest BCUT2D eigenvalue weighted by Gasteiger charge is 1.92. The number of hydrogen-bond acceptors (Lipinski definition) is 1. The van der Waals surface area contributed by atoms with Crippen molar-refractivity contribution in [1.82, 2.24) is 9.55 Å². The summed E-state index contributed by atoms with van der Waals surface area (Å²) in [7, 11) is 0. The molecule has 0 atom stereocenters. The van der Waals surface area contributed by atoms with Gasteiger partial charge in [0, 0.05) is 25.4 Å². The molecule has 0 bridgehead atoms. The normalized spacial score (nSPS) is 8.91. The van der Waals surface area contributed by atoms with Gasteiger partial charge in [0.15, 0.2) is 0 Å². The highest BCUT2D eigenvalue weighted by molar-refractivity contribution is 4.96. The number of aryl methyl sites for hydroxylation is 2. The number of nitrogens with zero attached hydrogens (tertiary/aromatic N) is 2. The highest BCUT2D eigenvalue weighted by Crippen LogP contribution is 1.95. The third kappa shape index (κ3) is 2.12. The second-order valence-electron chi connectivity index (χ2n) is 2.34. The van der Waals surface area contributed by atoms with E-state index in [1.54, 1.807) is 0 Å². The Bertz CT molecular complexity index is 275. The van der Waals surface area contributed by atoms with Gasteiger partial charge in [0.25, 0.3) is 0 Å². The van der Waals surface area contributed by atoms with E-state index in [9.17, 15) is 0 Å². The van der Waals surface area contributed by atoms with Crippen molar-refractivity contribution >= 4 is 0 Å². The molecule has 0 spiro atoms. The molecule has 1 aromatic rings. The maximum Gasteiger partial charge on any atom is 0.105 e. The minimum Gasteiger partial charge on any atom is -0.334 e. The lowest BCUT2D eigenvalue weighted by molar-refractivity contribution is 0.693. The first-order valence-corrected chi connectivity index (χ1v) is 3.72. The Labute approximate surface area is 67.3 Å². The highest BCUT2D eigenvalue weighted by atomic mass is 15.0. The molecule has 0 saturated carbocycles. The summed E-state index contributed by atoms with van der Waals surface area (Å²) in [5.41, 5.74) is 0. The first-order chi connectivity index (χ1) is 5.34. The predicted octanol–water partition coefficient (Wildman–Crippen LogP) is 1.60. The maximum atomic E-state index is 4.11. The van der Waals surface area contributed by atoms with Crippen LogP contribution in [0.2, 0.25) is 0 Å². The smallest absolute Gasteiger partial charge is 0.105 e. The van der Waals surface area contributed by atoms with Crippen LogP contribution in [0.1, 0.15) is 19.2 Å². The molecule has 0 fully saturated rings. The summed E-state index contributed by atoms with van der Waals surface area (Å²) in [4.78, 5) is 4.11. The van der Waals surface area contributed by atoms with Crippen LogP contribution in [0.5, 0.6) is 0 Å². The van der Waals surface area contributed by atoms with E-state index in [0.29, 0.717) is 0 Å². The van der Waals surface area contributed by atoms with Crippen LogP contribution < -0.4 is 0 Å². The number of imidazole rings is 1. The summed E-state index contributed by atoms with van der Waals surface area (Å²) in [6.07, 6.45) is 4.70. The quantitative estimate of drug-likeness (QED) is 0.582. The Morgan fingerprint density at radius 2 is 2.45 bits per heavy atom. The van der Waals surface area contributed by atoms with Crippen LogP contribution in [0.3, 0.4) is 0 Å². The summed E-state index contributed by atoms with van der Waals surface area (Å²) in [5, 5.41) is 0. The molecule has 1 heterocycles. The molecule has 58 valence electrons. The van der Waals surface area contributed by atoms with E-state index in [0.717, 1.165) is 18.8 Å². The summed E-state index contributed by atoms with van der Waals surface area (Å²) >= 11 is 0. The molecule has 2 heteroatoms. The zero-order valence-corrected chi connectivity index (χ0v) is 6.96. The first-order valence-electron chi connectivity index (χ1n) is 3.72. The van der Waals surface area contributed by atoms with Crippen LogP contribution in [0.4, 0.5) is 0 Å². The summed E-state index contributed by atoms with van der Waals surface area (Å²) in [6.45, 7) is 4.81. The van der Waals surface area contributed by atoms with E-state index in [4.69, 9.17) is 0 Å². The summed E-state index contributed by atoms with van der Waals surface area (Å²) < 4.78 is 2.10. The molecule has 0 unspecified atom stereocenters. The molecule has 0 amide bonds. The van der Waals surface area contributed by atoms with E-state index >= 15 is 0 Å². The molecular weight excluding hydrogens is 136 g/mol. The molecule has 1 rings (SSSR count). The van der Waals surface area contributed by atoms with E-state index in [1.165, 1.54) is 0 Å². The standard InChI is InChI=1S/C9H12N2/c1-3-4-5-7-11-8-6-10-9(11)2/h6,8H,5,7H2,1-2H3. The second-order valence-corrected chi connectivity index (χ2v) is 2.34. The van der Waals surface area contributed by atoms with E-state index < -0.39 is 0 Å². The number of hydrogen-bond donors (Lipinski definition) is 0. The van der Waals surface area contributed by atoms with Gasteiger partial charge in [-0.05, 0) is 13.8 Å². The van der Waals surface area contributed by atoms with Gasteiger partial charge in [-0.2, -0.15) is 0 Å². The minimum atomic E-state index is 0.910. The average molecular weight is 148 g/mol. The van der Waals surface area contributed by atoms with Crippen molar-refractivity contribution in [3.8, 4) is 11.8 Å². The Kier molecular flexibility index (Phi) is 2.74. The lowest BCUT2D eigenvalue weighted by Crippen LogP contribution is -1.97. The molecule has 11 heavy (non-hydrogen) atoms. The molecule has 0 aliphatic carbocycles. The van der Waals surface area contributed by atoms with Gasteiger partial charge < -0.3 is 4.57 Å². The van der Waals surface area contributed by atoms with Crippen molar-refractivity contribution in [3.05, 3.63) is 18.2 Å². The average Bonchev–Trinajstić information content (AvgIpc) is 2.37. The Balaban J connectivity index is 2.48. The zero-order valence-electron chi connectivity index (χ0n) is 6.96. The van der Waals surface area contributed by atoms with Crippen molar-refractivity contribution in [3.63, 3.8) is 0 Å². The third-order valence-electron chi connectivity index (χ3n) is 1.58. The molecule has 2 nitrogen and oxygen atoms in total. The van der Waals surface area contributed by atoms with E-state index in [1.807, 2.05) is 26.2 Å². The van der Waals surface area contributed by atoms with Gasteiger partial charge in [-0.15, -0.1) is 11.8 Å². The molecule has 0 aliphatic rings. The largest absolute Gasteiger partial charge is 0.334 e. The summed E-state index contributed by atoms with van der Waals surface area (Å²) in [5.74, 6) is 6.94. The Morgan fingerprint density at radius 3 is 3.00 bits per heavy atom. The first kappa shape index (κ1) is 7.87. The Hall–Kier alpha value is -1.23. The lowest BCUT2D eigenvalue weighted by atomic mass is 10.4. The van der Waals surface area contributed by atoms with E-state index in [-0.39, 0.29) is 0 Å². The minimum absolute atomic E-state index is 0.910. The second kappa shape index (κ2) is 3.82. The molecule has 0 radical (unpaired) electrons. The van der Waals surface area contributed by atoms with Crippen molar-refractivity contribution in [2.24, 2.45) is 0 Å². The van der Waals surface area contributed by atoms with Crippen LogP contribution in [0.15, 0.2) is 12.4 Å². The predicted molar refractivity (Wildman–Crippen MR) is 45.0 cm³/mol. The SMILES string of the molecule is CC#CCCn1ccnc1C.